The smallest absolute Gasteiger partial charge is 0.277 e. The molecule has 2 aromatic carbocycles. The zero-order chi connectivity index (χ0) is 20.8. The maximum Gasteiger partial charge on any atom is 0.277 e. The van der Waals surface area contributed by atoms with Gasteiger partial charge in [-0.05, 0) is 36.4 Å². The lowest BCUT2D eigenvalue weighted by Gasteiger charge is -2.09. The molecule has 3 aromatic rings. The fraction of sp³-hybridized carbons (Fsp3) is 0.211. The van der Waals surface area contributed by atoms with Gasteiger partial charge in [0.25, 0.3) is 11.1 Å². The average molecular weight is 436 g/mol. The number of carbonyl (C=O) groups excluding carboxylic acids is 1. The van der Waals surface area contributed by atoms with Gasteiger partial charge in [-0.1, -0.05) is 23.4 Å². The number of nitrogens with zero attached hydrogens (tertiary/aromatic N) is 2. The molecule has 0 bridgehead atoms. The number of benzene rings is 2. The minimum absolute atomic E-state index is 0.0621. The first-order valence-electron chi connectivity index (χ1n) is 8.36. The summed E-state index contributed by atoms with van der Waals surface area (Å²) in [4.78, 5) is 12.3. The largest absolute Gasteiger partial charge is 0.497 e. The molecule has 1 heterocycles. The Morgan fingerprint density at radius 3 is 2.55 bits per heavy atom. The van der Waals surface area contributed by atoms with Gasteiger partial charge in [0, 0.05) is 5.02 Å². The number of amides is 1. The van der Waals surface area contributed by atoms with Crippen LogP contribution in [0.4, 0.5) is 5.69 Å². The summed E-state index contributed by atoms with van der Waals surface area (Å²) >= 11 is 7.08. The Bertz CT molecular complexity index is 1010. The average Bonchev–Trinajstić information content (AvgIpc) is 3.21. The van der Waals surface area contributed by atoms with Gasteiger partial charge in [0.05, 0.1) is 38.3 Å². The highest BCUT2D eigenvalue weighted by Gasteiger charge is 2.16. The molecule has 29 heavy (non-hydrogen) atoms. The highest BCUT2D eigenvalue weighted by Crippen LogP contribution is 2.34. The maximum atomic E-state index is 12.3. The van der Waals surface area contributed by atoms with Gasteiger partial charge in [-0.2, -0.15) is 0 Å². The van der Waals surface area contributed by atoms with Crippen molar-refractivity contribution in [1.82, 2.24) is 10.2 Å². The van der Waals surface area contributed by atoms with Crippen molar-refractivity contribution in [3.8, 4) is 28.7 Å². The van der Waals surface area contributed by atoms with Gasteiger partial charge >= 0.3 is 0 Å². The highest BCUT2D eigenvalue weighted by atomic mass is 35.5. The third kappa shape index (κ3) is 5.12. The van der Waals surface area contributed by atoms with E-state index in [4.69, 9.17) is 30.2 Å². The van der Waals surface area contributed by atoms with Crippen molar-refractivity contribution in [2.24, 2.45) is 0 Å². The van der Waals surface area contributed by atoms with E-state index in [9.17, 15) is 4.79 Å². The van der Waals surface area contributed by atoms with E-state index in [0.717, 1.165) is 11.8 Å². The number of thioether (sulfide) groups is 1. The van der Waals surface area contributed by atoms with Gasteiger partial charge in [-0.25, -0.2) is 0 Å². The van der Waals surface area contributed by atoms with Crippen LogP contribution in [0.15, 0.2) is 46.0 Å². The van der Waals surface area contributed by atoms with Crippen LogP contribution in [0, 0.1) is 0 Å². The van der Waals surface area contributed by atoms with E-state index in [0.29, 0.717) is 33.5 Å². The number of nitrogens with one attached hydrogen (secondary N) is 1. The van der Waals surface area contributed by atoms with E-state index in [1.54, 1.807) is 50.6 Å². The zero-order valence-corrected chi connectivity index (χ0v) is 17.5. The standard InChI is InChI=1S/C19H18ClN3O5S/c1-25-12-5-7-15(26-2)13(9-12)18-22-23-19(28-18)29-10-17(24)21-14-8-11(20)4-6-16(14)27-3/h4-9H,10H2,1-3H3,(H,21,24). The van der Waals surface area contributed by atoms with Gasteiger partial charge in [0.1, 0.15) is 17.2 Å². The lowest BCUT2D eigenvalue weighted by atomic mass is 10.2. The van der Waals surface area contributed by atoms with Crippen LogP contribution in [0.1, 0.15) is 0 Å². The van der Waals surface area contributed by atoms with Crippen molar-refractivity contribution < 1.29 is 23.4 Å². The van der Waals surface area contributed by atoms with Crippen molar-refractivity contribution in [2.45, 2.75) is 5.22 Å². The number of hydrogen-bond donors (Lipinski definition) is 1. The van der Waals surface area contributed by atoms with Gasteiger partial charge in [-0.15, -0.1) is 10.2 Å². The third-order valence-electron chi connectivity index (χ3n) is 3.81. The quantitative estimate of drug-likeness (QED) is 0.527. The van der Waals surface area contributed by atoms with Crippen LogP contribution in [-0.4, -0.2) is 43.2 Å². The number of methoxy groups -OCH3 is 3. The first-order chi connectivity index (χ1) is 14.0. The Kier molecular flexibility index (Phi) is 6.84. The molecule has 0 radical (unpaired) electrons. The van der Waals surface area contributed by atoms with Gasteiger partial charge in [-0.3, -0.25) is 4.79 Å². The summed E-state index contributed by atoms with van der Waals surface area (Å²) in [7, 11) is 4.63. The minimum atomic E-state index is -0.269. The Labute approximate surface area is 176 Å². The molecule has 152 valence electrons. The monoisotopic (exact) mass is 435 g/mol. The van der Waals surface area contributed by atoms with Crippen LogP contribution < -0.4 is 19.5 Å². The summed E-state index contributed by atoms with van der Waals surface area (Å²) in [5.41, 5.74) is 1.08. The molecule has 1 amide bonds. The molecule has 0 saturated heterocycles. The lowest BCUT2D eigenvalue weighted by Crippen LogP contribution is -2.14. The number of halogens is 1. The second-order valence-electron chi connectivity index (χ2n) is 5.62. The summed E-state index contributed by atoms with van der Waals surface area (Å²) < 4.78 is 21.4. The van der Waals surface area contributed by atoms with E-state index < -0.39 is 0 Å². The summed E-state index contributed by atoms with van der Waals surface area (Å²) in [6, 6.07) is 10.2. The molecule has 0 atom stereocenters. The van der Waals surface area contributed by atoms with Crippen LogP contribution in [0.2, 0.25) is 5.02 Å². The normalized spacial score (nSPS) is 10.5. The summed E-state index contributed by atoms with van der Waals surface area (Å²) in [6.45, 7) is 0. The first-order valence-corrected chi connectivity index (χ1v) is 9.72. The molecule has 3 rings (SSSR count). The number of ether oxygens (including phenoxy) is 3. The topological polar surface area (TPSA) is 95.7 Å². The SMILES string of the molecule is COc1ccc(OC)c(-c2nnc(SCC(=O)Nc3cc(Cl)ccc3OC)o2)c1. The Morgan fingerprint density at radius 2 is 1.83 bits per heavy atom. The fourth-order valence-electron chi connectivity index (χ4n) is 2.45. The fourth-order valence-corrected chi connectivity index (χ4v) is 3.18. The van der Waals surface area contributed by atoms with Crippen molar-refractivity contribution in [2.75, 3.05) is 32.4 Å². The molecule has 0 fully saturated rings. The van der Waals surface area contributed by atoms with Gasteiger partial charge < -0.3 is 23.9 Å². The van der Waals surface area contributed by atoms with E-state index in [1.165, 1.54) is 7.11 Å². The number of anilines is 1. The molecule has 10 heteroatoms. The van der Waals surface area contributed by atoms with Crippen LogP contribution in [-0.2, 0) is 4.79 Å². The molecule has 0 saturated carbocycles. The van der Waals surface area contributed by atoms with E-state index >= 15 is 0 Å². The van der Waals surface area contributed by atoms with E-state index in [-0.39, 0.29) is 22.8 Å². The van der Waals surface area contributed by atoms with Crippen molar-refractivity contribution in [1.29, 1.82) is 0 Å². The molecule has 0 aliphatic heterocycles. The van der Waals surface area contributed by atoms with Crippen molar-refractivity contribution in [3.63, 3.8) is 0 Å². The third-order valence-corrected chi connectivity index (χ3v) is 4.86. The molecule has 0 aliphatic rings. The predicted molar refractivity (Wildman–Crippen MR) is 110 cm³/mol. The van der Waals surface area contributed by atoms with Crippen LogP contribution in [0.3, 0.4) is 0 Å². The molecule has 0 aliphatic carbocycles. The number of aromatic nitrogens is 2. The second-order valence-corrected chi connectivity index (χ2v) is 6.98. The van der Waals surface area contributed by atoms with E-state index in [1.807, 2.05) is 0 Å². The molecule has 1 aromatic heterocycles. The van der Waals surface area contributed by atoms with Crippen LogP contribution >= 0.6 is 23.4 Å². The van der Waals surface area contributed by atoms with Crippen molar-refractivity contribution in [3.05, 3.63) is 41.4 Å². The summed E-state index contributed by atoms with van der Waals surface area (Å²) in [6.07, 6.45) is 0. The van der Waals surface area contributed by atoms with E-state index in [2.05, 4.69) is 15.5 Å². The molecule has 0 spiro atoms. The first kappa shape index (κ1) is 20.8. The summed E-state index contributed by atoms with van der Waals surface area (Å²) in [5.74, 6) is 1.76. The Morgan fingerprint density at radius 1 is 1.07 bits per heavy atom. The summed E-state index contributed by atoms with van der Waals surface area (Å²) in [5, 5.41) is 11.5. The maximum absolute atomic E-state index is 12.3. The van der Waals surface area contributed by atoms with Crippen LogP contribution in [0.5, 0.6) is 17.2 Å². The molecular weight excluding hydrogens is 418 g/mol. The number of carbonyl (C=O) groups is 1. The Balaban J connectivity index is 1.67. The van der Waals surface area contributed by atoms with Crippen molar-refractivity contribution >= 4 is 35.0 Å². The zero-order valence-electron chi connectivity index (χ0n) is 15.9. The lowest BCUT2D eigenvalue weighted by molar-refractivity contribution is -0.113. The predicted octanol–water partition coefficient (Wildman–Crippen LogP) is 4.15. The second kappa shape index (κ2) is 9.53. The van der Waals surface area contributed by atoms with Gasteiger partial charge in [0.15, 0.2) is 0 Å². The van der Waals surface area contributed by atoms with Crippen LogP contribution in [0.25, 0.3) is 11.5 Å². The minimum Gasteiger partial charge on any atom is -0.497 e. The number of hydrogen-bond acceptors (Lipinski definition) is 8. The number of rotatable bonds is 8. The molecular formula is C19H18ClN3O5S. The highest BCUT2D eigenvalue weighted by molar-refractivity contribution is 7.99. The van der Waals surface area contributed by atoms with Gasteiger partial charge in [0.2, 0.25) is 5.91 Å². The molecule has 1 N–H and O–H groups in total. The molecule has 0 unspecified atom stereocenters. The Hall–Kier alpha value is -2.91. The molecule has 8 nitrogen and oxygen atoms in total.